The van der Waals surface area contributed by atoms with E-state index in [9.17, 15) is 9.90 Å². The van der Waals surface area contributed by atoms with Gasteiger partial charge in [0.05, 0.1) is 5.56 Å². The standard InChI is InChI=1S/C17H23NO2/c1-2-14-13(16(19)20)6-15(18-14)17-7-10-3-11(8-17)5-12(4-10)9-17/h6,10-12,18H,2-5,7-9H2,1H3,(H,19,20). The molecule has 0 aliphatic heterocycles. The van der Waals surface area contributed by atoms with Crippen molar-refractivity contribution in [2.75, 3.05) is 0 Å². The molecule has 0 spiro atoms. The Bertz CT molecular complexity index is 522. The van der Waals surface area contributed by atoms with E-state index in [1.54, 1.807) is 0 Å². The van der Waals surface area contributed by atoms with Crippen LogP contribution in [0.15, 0.2) is 6.07 Å². The van der Waals surface area contributed by atoms with Crippen LogP contribution >= 0.6 is 0 Å². The highest BCUT2D eigenvalue weighted by Gasteiger charge is 2.52. The van der Waals surface area contributed by atoms with Crippen LogP contribution in [0, 0.1) is 17.8 Å². The lowest BCUT2D eigenvalue weighted by Gasteiger charge is -2.56. The monoisotopic (exact) mass is 273 g/mol. The van der Waals surface area contributed by atoms with Gasteiger partial charge in [-0.15, -0.1) is 0 Å². The van der Waals surface area contributed by atoms with Crippen LogP contribution in [-0.2, 0) is 11.8 Å². The van der Waals surface area contributed by atoms with E-state index in [4.69, 9.17) is 0 Å². The van der Waals surface area contributed by atoms with Gasteiger partial charge in [-0.2, -0.15) is 0 Å². The maximum absolute atomic E-state index is 11.4. The molecule has 0 unspecified atom stereocenters. The van der Waals surface area contributed by atoms with Gasteiger partial charge in [-0.25, -0.2) is 4.79 Å². The Morgan fingerprint density at radius 2 is 1.80 bits per heavy atom. The third kappa shape index (κ3) is 1.68. The average molecular weight is 273 g/mol. The lowest BCUT2D eigenvalue weighted by Crippen LogP contribution is -2.48. The molecule has 5 rings (SSSR count). The van der Waals surface area contributed by atoms with Crippen molar-refractivity contribution in [1.82, 2.24) is 4.98 Å². The average Bonchev–Trinajstić information content (AvgIpc) is 2.82. The van der Waals surface area contributed by atoms with Crippen LogP contribution in [0.4, 0.5) is 0 Å². The minimum absolute atomic E-state index is 0.270. The van der Waals surface area contributed by atoms with Crippen LogP contribution in [0.5, 0.6) is 0 Å². The fraction of sp³-hybridized carbons (Fsp3) is 0.706. The zero-order chi connectivity index (χ0) is 13.9. The minimum Gasteiger partial charge on any atom is -0.478 e. The Morgan fingerprint density at radius 3 is 2.20 bits per heavy atom. The number of aromatic amines is 1. The Balaban J connectivity index is 1.75. The fourth-order valence-corrected chi connectivity index (χ4v) is 5.69. The van der Waals surface area contributed by atoms with E-state index in [-0.39, 0.29) is 5.41 Å². The van der Waals surface area contributed by atoms with E-state index in [1.807, 2.05) is 13.0 Å². The smallest absolute Gasteiger partial charge is 0.337 e. The highest BCUT2D eigenvalue weighted by atomic mass is 16.4. The first kappa shape index (κ1) is 12.5. The summed E-state index contributed by atoms with van der Waals surface area (Å²) in [6, 6.07) is 1.95. The maximum atomic E-state index is 11.4. The SMILES string of the molecule is CCc1[nH]c(C23CC4CC(CC(C4)C2)C3)cc1C(=O)O. The summed E-state index contributed by atoms with van der Waals surface area (Å²) in [5.74, 6) is 1.89. The molecule has 0 radical (unpaired) electrons. The zero-order valence-electron chi connectivity index (χ0n) is 12.1. The Labute approximate surface area is 119 Å². The molecule has 0 aromatic carbocycles. The third-order valence-corrected chi connectivity index (χ3v) is 6.09. The summed E-state index contributed by atoms with van der Waals surface area (Å²) in [5.41, 5.74) is 2.90. The molecule has 0 atom stereocenters. The second kappa shape index (κ2) is 4.12. The molecule has 1 aromatic rings. The molecule has 4 saturated carbocycles. The number of H-pyrrole nitrogens is 1. The van der Waals surface area contributed by atoms with Crippen LogP contribution in [0.25, 0.3) is 0 Å². The van der Waals surface area contributed by atoms with E-state index in [2.05, 4.69) is 4.98 Å². The molecule has 20 heavy (non-hydrogen) atoms. The molecule has 2 N–H and O–H groups in total. The predicted molar refractivity (Wildman–Crippen MR) is 77.0 cm³/mol. The second-order valence-electron chi connectivity index (χ2n) is 7.43. The normalized spacial score (nSPS) is 38.4. The summed E-state index contributed by atoms with van der Waals surface area (Å²) < 4.78 is 0. The molecule has 1 heterocycles. The molecule has 3 heteroatoms. The highest BCUT2D eigenvalue weighted by Crippen LogP contribution is 2.60. The Morgan fingerprint density at radius 1 is 1.25 bits per heavy atom. The number of hydrogen-bond acceptors (Lipinski definition) is 1. The highest BCUT2D eigenvalue weighted by molar-refractivity contribution is 5.89. The van der Waals surface area contributed by atoms with Crippen molar-refractivity contribution in [2.24, 2.45) is 17.8 Å². The van der Waals surface area contributed by atoms with Gasteiger partial charge in [0.2, 0.25) is 0 Å². The Kier molecular flexibility index (Phi) is 2.57. The molecule has 3 nitrogen and oxygen atoms in total. The summed E-state index contributed by atoms with van der Waals surface area (Å²) in [6.07, 6.45) is 8.88. The molecule has 108 valence electrons. The predicted octanol–water partition coefficient (Wildman–Crippen LogP) is 3.74. The number of carboxylic acid groups (broad SMARTS) is 1. The van der Waals surface area contributed by atoms with Crippen LogP contribution in [-0.4, -0.2) is 16.1 Å². The van der Waals surface area contributed by atoms with Gasteiger partial charge >= 0.3 is 5.97 Å². The van der Waals surface area contributed by atoms with Gasteiger partial charge in [0.15, 0.2) is 0 Å². The lowest BCUT2D eigenvalue weighted by molar-refractivity contribution is -0.00702. The number of carbonyl (C=O) groups is 1. The number of aromatic nitrogens is 1. The summed E-state index contributed by atoms with van der Waals surface area (Å²) in [5, 5.41) is 9.37. The van der Waals surface area contributed by atoms with Crippen molar-refractivity contribution in [3.8, 4) is 0 Å². The lowest BCUT2D eigenvalue weighted by atomic mass is 9.49. The van der Waals surface area contributed by atoms with Crippen LogP contribution in [0.1, 0.15) is 67.2 Å². The van der Waals surface area contributed by atoms with E-state index in [1.165, 1.54) is 44.2 Å². The number of rotatable bonds is 3. The number of carboxylic acids is 1. The molecule has 0 amide bonds. The molecular formula is C17H23NO2. The summed E-state index contributed by atoms with van der Waals surface area (Å²) >= 11 is 0. The van der Waals surface area contributed by atoms with Crippen LogP contribution < -0.4 is 0 Å². The van der Waals surface area contributed by atoms with Crippen molar-refractivity contribution in [3.63, 3.8) is 0 Å². The van der Waals surface area contributed by atoms with E-state index < -0.39 is 5.97 Å². The summed E-state index contributed by atoms with van der Waals surface area (Å²) in [6.45, 7) is 2.03. The van der Waals surface area contributed by atoms with E-state index in [0.29, 0.717) is 5.56 Å². The zero-order valence-corrected chi connectivity index (χ0v) is 12.1. The molecule has 4 fully saturated rings. The molecule has 0 saturated heterocycles. The van der Waals surface area contributed by atoms with Gasteiger partial charge in [0.25, 0.3) is 0 Å². The summed E-state index contributed by atoms with van der Waals surface area (Å²) in [4.78, 5) is 14.9. The largest absolute Gasteiger partial charge is 0.478 e. The maximum Gasteiger partial charge on any atom is 0.337 e. The van der Waals surface area contributed by atoms with Gasteiger partial charge in [-0.1, -0.05) is 6.92 Å². The number of hydrogen-bond donors (Lipinski definition) is 2. The van der Waals surface area contributed by atoms with Gasteiger partial charge in [-0.05, 0) is 68.8 Å². The number of aryl methyl sites for hydroxylation is 1. The summed E-state index contributed by atoms with van der Waals surface area (Å²) in [7, 11) is 0. The molecule has 4 aliphatic rings. The van der Waals surface area contributed by atoms with Crippen molar-refractivity contribution in [1.29, 1.82) is 0 Å². The fourth-order valence-electron chi connectivity index (χ4n) is 5.69. The third-order valence-electron chi connectivity index (χ3n) is 6.09. The van der Waals surface area contributed by atoms with Crippen molar-refractivity contribution >= 4 is 5.97 Å². The van der Waals surface area contributed by atoms with Crippen molar-refractivity contribution < 1.29 is 9.90 Å². The molecular weight excluding hydrogens is 250 g/mol. The second-order valence-corrected chi connectivity index (χ2v) is 7.43. The Hall–Kier alpha value is -1.25. The first-order valence-electron chi connectivity index (χ1n) is 8.05. The van der Waals surface area contributed by atoms with Crippen molar-refractivity contribution in [2.45, 2.75) is 57.3 Å². The van der Waals surface area contributed by atoms with Gasteiger partial charge < -0.3 is 10.1 Å². The van der Waals surface area contributed by atoms with Crippen molar-refractivity contribution in [3.05, 3.63) is 23.0 Å². The minimum atomic E-state index is -0.783. The van der Waals surface area contributed by atoms with Crippen LogP contribution in [0.2, 0.25) is 0 Å². The topological polar surface area (TPSA) is 53.1 Å². The first-order chi connectivity index (χ1) is 9.59. The number of nitrogens with one attached hydrogen (secondary N) is 1. The van der Waals surface area contributed by atoms with Gasteiger partial charge in [-0.3, -0.25) is 0 Å². The van der Waals surface area contributed by atoms with Crippen LogP contribution in [0.3, 0.4) is 0 Å². The first-order valence-corrected chi connectivity index (χ1v) is 8.05. The van der Waals surface area contributed by atoms with E-state index in [0.717, 1.165) is 29.9 Å². The quantitative estimate of drug-likeness (QED) is 0.881. The molecule has 4 aliphatic carbocycles. The van der Waals surface area contributed by atoms with E-state index >= 15 is 0 Å². The number of aromatic carboxylic acids is 1. The van der Waals surface area contributed by atoms with Gasteiger partial charge in [0.1, 0.15) is 0 Å². The van der Waals surface area contributed by atoms with Gasteiger partial charge in [0, 0.05) is 16.8 Å². The molecule has 1 aromatic heterocycles. The molecule has 4 bridgehead atoms.